The van der Waals surface area contributed by atoms with E-state index in [0.29, 0.717) is 17.7 Å². The molecule has 0 radical (unpaired) electrons. The molecular weight excluding hydrogens is 288 g/mol. The molecule has 2 N–H and O–H groups in total. The topological polar surface area (TPSA) is 40.5 Å². The van der Waals surface area contributed by atoms with E-state index >= 15 is 0 Å². The van der Waals surface area contributed by atoms with Gasteiger partial charge in [-0.25, -0.2) is 4.39 Å². The van der Waals surface area contributed by atoms with Crippen LogP contribution in [0.4, 0.5) is 17.6 Å². The highest BCUT2D eigenvalue weighted by atomic mass is 19.4. The van der Waals surface area contributed by atoms with Crippen LogP contribution in [0.3, 0.4) is 0 Å². The van der Waals surface area contributed by atoms with Crippen LogP contribution in [-0.4, -0.2) is 10.2 Å². The molecule has 6 heteroatoms. The molecule has 0 fully saturated rings. The number of hydrogen-bond donors (Lipinski definition) is 2. The van der Waals surface area contributed by atoms with Gasteiger partial charge in [-0.15, -0.1) is 0 Å². The normalized spacial score (nSPS) is 13.2. The molecule has 0 bridgehead atoms. The van der Waals surface area contributed by atoms with Crippen molar-refractivity contribution in [2.75, 3.05) is 0 Å². The molecule has 21 heavy (non-hydrogen) atoms. The van der Waals surface area contributed by atoms with Crippen LogP contribution in [0.5, 0.6) is 5.75 Å². The summed E-state index contributed by atoms with van der Waals surface area (Å²) in [5.41, 5.74) is -0.887. The predicted octanol–water partition coefficient (Wildman–Crippen LogP) is 3.83. The lowest BCUT2D eigenvalue weighted by atomic mass is 9.99. The van der Waals surface area contributed by atoms with Gasteiger partial charge < -0.3 is 10.2 Å². The number of benzene rings is 2. The zero-order chi connectivity index (χ0) is 15.6. The highest BCUT2D eigenvalue weighted by Gasteiger charge is 2.34. The molecule has 2 aromatic carbocycles. The molecule has 0 aliphatic carbocycles. The molecule has 0 saturated carbocycles. The maximum absolute atomic E-state index is 13.2. The van der Waals surface area contributed by atoms with Gasteiger partial charge in [0, 0.05) is 6.42 Å². The molecule has 0 aromatic heterocycles. The van der Waals surface area contributed by atoms with E-state index in [2.05, 4.69) is 0 Å². The van der Waals surface area contributed by atoms with Gasteiger partial charge in [-0.2, -0.15) is 13.2 Å². The van der Waals surface area contributed by atoms with E-state index in [4.69, 9.17) is 0 Å². The Morgan fingerprint density at radius 3 is 2.38 bits per heavy atom. The van der Waals surface area contributed by atoms with E-state index in [9.17, 15) is 27.8 Å². The first-order valence-electron chi connectivity index (χ1n) is 6.10. The van der Waals surface area contributed by atoms with Gasteiger partial charge in [-0.05, 0) is 35.4 Å². The van der Waals surface area contributed by atoms with Crippen molar-refractivity contribution in [3.05, 3.63) is 65.0 Å². The average molecular weight is 300 g/mol. The smallest absolute Gasteiger partial charge is 0.419 e. The minimum Gasteiger partial charge on any atom is -0.508 e. The van der Waals surface area contributed by atoms with Crippen molar-refractivity contribution in [1.29, 1.82) is 0 Å². The SMILES string of the molecule is Oc1cccc(CC(O)c2ccc(F)c(C(F)(F)F)c2)c1. The molecule has 112 valence electrons. The van der Waals surface area contributed by atoms with Crippen LogP contribution in [0.1, 0.15) is 22.8 Å². The van der Waals surface area contributed by atoms with E-state index in [1.165, 1.54) is 12.1 Å². The number of alkyl halides is 3. The lowest BCUT2D eigenvalue weighted by molar-refractivity contribution is -0.140. The van der Waals surface area contributed by atoms with Gasteiger partial charge in [-0.1, -0.05) is 18.2 Å². The Labute approximate surface area is 118 Å². The molecule has 0 spiro atoms. The third kappa shape index (κ3) is 3.72. The summed E-state index contributed by atoms with van der Waals surface area (Å²) in [6.45, 7) is 0. The first kappa shape index (κ1) is 15.3. The van der Waals surface area contributed by atoms with Crippen molar-refractivity contribution >= 4 is 0 Å². The van der Waals surface area contributed by atoms with Gasteiger partial charge >= 0.3 is 6.18 Å². The van der Waals surface area contributed by atoms with E-state index < -0.39 is 23.7 Å². The van der Waals surface area contributed by atoms with Crippen LogP contribution < -0.4 is 0 Å². The van der Waals surface area contributed by atoms with Crippen LogP contribution in [0, 0.1) is 5.82 Å². The molecule has 1 atom stereocenters. The number of halogens is 4. The summed E-state index contributed by atoms with van der Waals surface area (Å²) in [6.07, 6.45) is -6.03. The third-order valence-corrected chi connectivity index (χ3v) is 3.02. The Morgan fingerprint density at radius 2 is 1.76 bits per heavy atom. The van der Waals surface area contributed by atoms with Crippen LogP contribution in [-0.2, 0) is 12.6 Å². The summed E-state index contributed by atoms with van der Waals surface area (Å²) >= 11 is 0. The molecule has 2 aromatic rings. The zero-order valence-electron chi connectivity index (χ0n) is 10.7. The Morgan fingerprint density at radius 1 is 1.05 bits per heavy atom. The van der Waals surface area contributed by atoms with Crippen molar-refractivity contribution in [2.24, 2.45) is 0 Å². The lowest BCUT2D eigenvalue weighted by Crippen LogP contribution is -2.10. The molecule has 1 unspecified atom stereocenters. The maximum Gasteiger partial charge on any atom is 0.419 e. The summed E-state index contributed by atoms with van der Waals surface area (Å²) in [5, 5.41) is 19.3. The zero-order valence-corrected chi connectivity index (χ0v) is 10.7. The number of hydrogen-bond acceptors (Lipinski definition) is 2. The summed E-state index contributed by atoms with van der Waals surface area (Å²) in [4.78, 5) is 0. The van der Waals surface area contributed by atoms with Gasteiger partial charge in [-0.3, -0.25) is 0 Å². The molecule has 2 rings (SSSR count). The van der Waals surface area contributed by atoms with Crippen LogP contribution >= 0.6 is 0 Å². The summed E-state index contributed by atoms with van der Waals surface area (Å²) in [7, 11) is 0. The van der Waals surface area contributed by atoms with Crippen molar-refractivity contribution in [2.45, 2.75) is 18.7 Å². The standard InChI is InChI=1S/C15H12F4O2/c16-13-5-4-10(8-12(13)15(17,18)19)14(21)7-9-2-1-3-11(20)6-9/h1-6,8,14,20-21H,7H2. The second-order valence-corrected chi connectivity index (χ2v) is 4.63. The molecule has 0 aliphatic heterocycles. The number of aliphatic hydroxyl groups is 1. The highest BCUT2D eigenvalue weighted by Crippen LogP contribution is 2.33. The van der Waals surface area contributed by atoms with Gasteiger partial charge in [0.05, 0.1) is 11.7 Å². The highest BCUT2D eigenvalue weighted by molar-refractivity contribution is 5.32. The second kappa shape index (κ2) is 5.73. The Kier molecular flexibility index (Phi) is 4.18. The minimum absolute atomic E-state index is 0.00483. The monoisotopic (exact) mass is 300 g/mol. The van der Waals surface area contributed by atoms with Crippen molar-refractivity contribution in [1.82, 2.24) is 0 Å². The number of aliphatic hydroxyl groups excluding tert-OH is 1. The molecule has 0 amide bonds. The second-order valence-electron chi connectivity index (χ2n) is 4.63. The molecule has 0 heterocycles. The van der Waals surface area contributed by atoms with E-state index in [-0.39, 0.29) is 17.7 Å². The average Bonchev–Trinajstić information content (AvgIpc) is 2.37. The summed E-state index contributed by atoms with van der Waals surface area (Å²) in [6, 6.07) is 8.41. The van der Waals surface area contributed by atoms with E-state index in [0.717, 1.165) is 6.07 Å². The molecule has 2 nitrogen and oxygen atoms in total. The summed E-state index contributed by atoms with van der Waals surface area (Å²) in [5.74, 6) is -1.38. The molecular formula is C15H12F4O2. The van der Waals surface area contributed by atoms with Crippen LogP contribution in [0.2, 0.25) is 0 Å². The van der Waals surface area contributed by atoms with Crippen LogP contribution in [0.25, 0.3) is 0 Å². The Hall–Kier alpha value is -2.08. The fourth-order valence-corrected chi connectivity index (χ4v) is 1.99. The van der Waals surface area contributed by atoms with Crippen molar-refractivity contribution in [3.63, 3.8) is 0 Å². The first-order chi connectivity index (χ1) is 9.77. The largest absolute Gasteiger partial charge is 0.508 e. The third-order valence-electron chi connectivity index (χ3n) is 3.02. The first-order valence-corrected chi connectivity index (χ1v) is 6.10. The van der Waals surface area contributed by atoms with E-state index in [1.807, 2.05) is 0 Å². The van der Waals surface area contributed by atoms with Gasteiger partial charge in [0.25, 0.3) is 0 Å². The molecule has 0 saturated heterocycles. The predicted molar refractivity (Wildman–Crippen MR) is 68.2 cm³/mol. The van der Waals surface area contributed by atoms with Crippen molar-refractivity contribution < 1.29 is 27.8 Å². The number of phenols is 1. The summed E-state index contributed by atoms with van der Waals surface area (Å²) < 4.78 is 51.0. The van der Waals surface area contributed by atoms with Crippen LogP contribution in [0.15, 0.2) is 42.5 Å². The lowest BCUT2D eigenvalue weighted by Gasteiger charge is -2.14. The number of aromatic hydroxyl groups is 1. The fraction of sp³-hybridized carbons (Fsp3) is 0.200. The molecule has 0 aliphatic rings. The van der Waals surface area contributed by atoms with Crippen molar-refractivity contribution in [3.8, 4) is 5.75 Å². The maximum atomic E-state index is 13.2. The quantitative estimate of drug-likeness (QED) is 0.846. The van der Waals surface area contributed by atoms with Gasteiger partial charge in [0.15, 0.2) is 0 Å². The van der Waals surface area contributed by atoms with E-state index in [1.54, 1.807) is 12.1 Å². The number of phenolic OH excluding ortho intramolecular Hbond substituents is 1. The van der Waals surface area contributed by atoms with Gasteiger partial charge in [0.1, 0.15) is 11.6 Å². The Balaban J connectivity index is 2.25. The van der Waals surface area contributed by atoms with Gasteiger partial charge in [0.2, 0.25) is 0 Å². The fourth-order valence-electron chi connectivity index (χ4n) is 1.99. The Bertz CT molecular complexity index is 638. The minimum atomic E-state index is -4.81. The number of rotatable bonds is 3.